The van der Waals surface area contributed by atoms with Gasteiger partial charge in [0.15, 0.2) is 0 Å². The highest BCUT2D eigenvalue weighted by Gasteiger charge is 2.23. The van der Waals surface area contributed by atoms with Crippen LogP contribution in [0.3, 0.4) is 0 Å². The average Bonchev–Trinajstić information content (AvgIpc) is 2.41. The normalized spacial score (nSPS) is 16.8. The third-order valence-electron chi connectivity index (χ3n) is 3.73. The van der Waals surface area contributed by atoms with Crippen LogP contribution in [0.15, 0.2) is 12.3 Å². The molecule has 1 amide bonds. The largest absolute Gasteiger partial charge is 0.349 e. The van der Waals surface area contributed by atoms with Crippen molar-refractivity contribution in [1.29, 1.82) is 0 Å². The molecule has 0 unspecified atom stereocenters. The summed E-state index contributed by atoms with van der Waals surface area (Å²) in [7, 11) is 0. The van der Waals surface area contributed by atoms with Gasteiger partial charge < -0.3 is 5.32 Å². The number of carbonyl (C=O) groups is 1. The maximum absolute atomic E-state index is 12.3. The predicted molar refractivity (Wildman–Crippen MR) is 79.5 cm³/mol. The van der Waals surface area contributed by atoms with Crippen LogP contribution in [-0.4, -0.2) is 21.9 Å². The quantitative estimate of drug-likeness (QED) is 0.526. The van der Waals surface area contributed by atoms with Crippen LogP contribution in [0.2, 0.25) is 5.15 Å². The highest BCUT2D eigenvalue weighted by atomic mass is 35.5. The molecule has 0 aliphatic heterocycles. The minimum atomic E-state index is -0.615. The molecule has 1 heterocycles. The molecule has 0 aromatic carbocycles. The number of hydrogen-bond acceptors (Lipinski definition) is 4. The zero-order valence-corrected chi connectivity index (χ0v) is 12.4. The first kappa shape index (κ1) is 15.7. The summed E-state index contributed by atoms with van der Waals surface area (Å²) in [4.78, 5) is 26.3. The van der Waals surface area contributed by atoms with Gasteiger partial charge in [0, 0.05) is 6.04 Å². The van der Waals surface area contributed by atoms with E-state index in [9.17, 15) is 14.9 Å². The molecule has 0 atom stereocenters. The van der Waals surface area contributed by atoms with Crippen molar-refractivity contribution in [3.05, 3.63) is 33.1 Å². The summed E-state index contributed by atoms with van der Waals surface area (Å²) in [6.07, 6.45) is 8.59. The van der Waals surface area contributed by atoms with Gasteiger partial charge in [0.2, 0.25) is 0 Å². The number of halogens is 1. The molecule has 6 nitrogen and oxygen atoms in total. The lowest BCUT2D eigenvalue weighted by Crippen LogP contribution is -2.35. The van der Waals surface area contributed by atoms with Crippen LogP contribution < -0.4 is 5.32 Å². The number of hydrogen-bond donors (Lipinski definition) is 1. The summed E-state index contributed by atoms with van der Waals surface area (Å²) in [5.74, 6) is -0.448. The number of nitrogens with zero attached hydrogens (tertiary/aromatic N) is 2. The molecule has 114 valence electrons. The van der Waals surface area contributed by atoms with Crippen LogP contribution >= 0.6 is 11.6 Å². The van der Waals surface area contributed by atoms with Gasteiger partial charge in [-0.2, -0.15) is 0 Å². The molecule has 0 radical (unpaired) electrons. The molecule has 2 rings (SSSR count). The Hall–Kier alpha value is -1.69. The highest BCUT2D eigenvalue weighted by molar-refractivity contribution is 6.29. The van der Waals surface area contributed by atoms with E-state index >= 15 is 0 Å². The first-order chi connectivity index (χ1) is 10.1. The van der Waals surface area contributed by atoms with Crippen LogP contribution in [0.1, 0.15) is 55.3 Å². The molecule has 0 spiro atoms. The van der Waals surface area contributed by atoms with E-state index in [4.69, 9.17) is 11.6 Å². The Labute approximate surface area is 128 Å². The van der Waals surface area contributed by atoms with E-state index in [0.29, 0.717) is 0 Å². The van der Waals surface area contributed by atoms with Crippen LogP contribution in [-0.2, 0) is 0 Å². The fourth-order valence-corrected chi connectivity index (χ4v) is 2.77. The summed E-state index contributed by atoms with van der Waals surface area (Å²) < 4.78 is 0. The van der Waals surface area contributed by atoms with Crippen molar-refractivity contribution < 1.29 is 9.72 Å². The summed E-state index contributed by atoms with van der Waals surface area (Å²) >= 11 is 5.74. The number of pyridine rings is 1. The Morgan fingerprint density at radius 3 is 2.52 bits per heavy atom. The van der Waals surface area contributed by atoms with Crippen molar-refractivity contribution in [3.63, 3.8) is 0 Å². The summed E-state index contributed by atoms with van der Waals surface area (Å²) in [5.41, 5.74) is -0.343. The zero-order chi connectivity index (χ0) is 15.2. The van der Waals surface area contributed by atoms with Crippen molar-refractivity contribution in [2.45, 2.75) is 51.0 Å². The van der Waals surface area contributed by atoms with Crippen LogP contribution in [0.5, 0.6) is 0 Å². The van der Waals surface area contributed by atoms with Crippen molar-refractivity contribution in [1.82, 2.24) is 10.3 Å². The highest BCUT2D eigenvalue weighted by Crippen LogP contribution is 2.22. The lowest BCUT2D eigenvalue weighted by molar-refractivity contribution is -0.385. The van der Waals surface area contributed by atoms with E-state index in [1.54, 1.807) is 0 Å². The Balaban J connectivity index is 2.11. The third-order valence-corrected chi connectivity index (χ3v) is 3.94. The third kappa shape index (κ3) is 4.39. The second-order valence-electron chi connectivity index (χ2n) is 5.30. The lowest BCUT2D eigenvalue weighted by atomic mass is 9.96. The molecule has 0 saturated heterocycles. The maximum atomic E-state index is 12.3. The molecule has 1 aromatic heterocycles. The zero-order valence-electron chi connectivity index (χ0n) is 11.7. The Kier molecular flexibility index (Phi) is 5.50. The van der Waals surface area contributed by atoms with Gasteiger partial charge in [0.1, 0.15) is 16.9 Å². The fraction of sp³-hybridized carbons (Fsp3) is 0.571. The van der Waals surface area contributed by atoms with E-state index in [0.717, 1.165) is 31.9 Å². The molecule has 1 aliphatic carbocycles. The van der Waals surface area contributed by atoms with E-state index in [-0.39, 0.29) is 22.4 Å². The second kappa shape index (κ2) is 7.36. The van der Waals surface area contributed by atoms with Gasteiger partial charge in [0.05, 0.1) is 4.92 Å². The molecule has 1 fully saturated rings. The molecular formula is C14H18ClN3O3. The number of aromatic nitrogens is 1. The van der Waals surface area contributed by atoms with E-state index in [1.807, 2.05) is 0 Å². The predicted octanol–water partition coefficient (Wildman–Crippen LogP) is 3.49. The van der Waals surface area contributed by atoms with Crippen molar-refractivity contribution in [3.8, 4) is 0 Å². The average molecular weight is 312 g/mol. The topological polar surface area (TPSA) is 85.1 Å². The minimum Gasteiger partial charge on any atom is -0.349 e. The standard InChI is InChI=1S/C14H18ClN3O3/c15-13-8-11(12(9-16-13)18(20)21)14(19)17-10-6-4-2-1-3-5-7-10/h8-10H,1-7H2,(H,17,19). The second-order valence-corrected chi connectivity index (χ2v) is 5.68. The molecule has 1 N–H and O–H groups in total. The van der Waals surface area contributed by atoms with Crippen LogP contribution in [0.25, 0.3) is 0 Å². The van der Waals surface area contributed by atoms with Crippen molar-refractivity contribution >= 4 is 23.2 Å². The molecule has 1 saturated carbocycles. The minimum absolute atomic E-state index is 0.0259. The Bertz CT molecular complexity index is 528. The van der Waals surface area contributed by atoms with E-state index < -0.39 is 10.8 Å². The van der Waals surface area contributed by atoms with Gasteiger partial charge in [-0.1, -0.05) is 43.7 Å². The Morgan fingerprint density at radius 2 is 1.90 bits per heavy atom. The molecular weight excluding hydrogens is 294 g/mol. The summed E-state index contributed by atoms with van der Waals surface area (Å²) in [6, 6.07) is 1.32. The number of amides is 1. The van der Waals surface area contributed by atoms with Crippen LogP contribution in [0, 0.1) is 10.1 Å². The van der Waals surface area contributed by atoms with Gasteiger partial charge >= 0.3 is 0 Å². The van der Waals surface area contributed by atoms with Gasteiger partial charge in [-0.05, 0) is 18.9 Å². The molecule has 1 aliphatic rings. The summed E-state index contributed by atoms with van der Waals surface area (Å²) in [6.45, 7) is 0. The monoisotopic (exact) mass is 311 g/mol. The number of carbonyl (C=O) groups excluding carboxylic acids is 1. The summed E-state index contributed by atoms with van der Waals surface area (Å²) in [5, 5.41) is 13.9. The van der Waals surface area contributed by atoms with Crippen LogP contribution in [0.4, 0.5) is 5.69 Å². The SMILES string of the molecule is O=C(NC1CCCCCCC1)c1cc(Cl)ncc1[N+](=O)[O-]. The van der Waals surface area contributed by atoms with Crippen molar-refractivity contribution in [2.24, 2.45) is 0 Å². The maximum Gasteiger partial charge on any atom is 0.300 e. The molecule has 0 bridgehead atoms. The van der Waals surface area contributed by atoms with Gasteiger partial charge in [-0.15, -0.1) is 0 Å². The van der Waals surface area contributed by atoms with Crippen molar-refractivity contribution in [2.75, 3.05) is 0 Å². The lowest BCUT2D eigenvalue weighted by Gasteiger charge is -2.21. The van der Waals surface area contributed by atoms with Gasteiger partial charge in [0.25, 0.3) is 11.6 Å². The van der Waals surface area contributed by atoms with Gasteiger partial charge in [-0.3, -0.25) is 14.9 Å². The Morgan fingerprint density at radius 1 is 1.29 bits per heavy atom. The first-order valence-electron chi connectivity index (χ1n) is 7.18. The molecule has 21 heavy (non-hydrogen) atoms. The van der Waals surface area contributed by atoms with E-state index in [1.165, 1.54) is 25.3 Å². The first-order valence-corrected chi connectivity index (χ1v) is 7.56. The number of nitrogens with one attached hydrogen (secondary N) is 1. The number of rotatable bonds is 3. The fourth-order valence-electron chi connectivity index (χ4n) is 2.61. The smallest absolute Gasteiger partial charge is 0.300 e. The van der Waals surface area contributed by atoms with E-state index in [2.05, 4.69) is 10.3 Å². The van der Waals surface area contributed by atoms with Gasteiger partial charge in [-0.25, -0.2) is 4.98 Å². The molecule has 1 aromatic rings. The number of nitro groups is 1. The molecule has 7 heteroatoms.